The van der Waals surface area contributed by atoms with Crippen LogP contribution in [0.4, 0.5) is 5.69 Å². The first-order chi connectivity index (χ1) is 8.15. The lowest BCUT2D eigenvalue weighted by Crippen LogP contribution is -1.97. The Morgan fingerprint density at radius 3 is 2.59 bits per heavy atom. The molecule has 4 heteroatoms. The Morgan fingerprint density at radius 2 is 2.00 bits per heavy atom. The molecule has 17 heavy (non-hydrogen) atoms. The molecule has 4 nitrogen and oxygen atoms in total. The maximum absolute atomic E-state index is 11.7. The summed E-state index contributed by atoms with van der Waals surface area (Å²) in [5.41, 5.74) is 7.66. The van der Waals surface area contributed by atoms with Crippen molar-refractivity contribution in [3.05, 3.63) is 53.9 Å². The second-order valence-electron chi connectivity index (χ2n) is 3.74. The van der Waals surface area contributed by atoms with Crippen molar-refractivity contribution in [1.82, 2.24) is 9.78 Å². The highest BCUT2D eigenvalue weighted by Crippen LogP contribution is 2.08. The normalized spacial score (nSPS) is 10.9. The Morgan fingerprint density at radius 1 is 1.29 bits per heavy atom. The minimum absolute atomic E-state index is 0.109. The molecule has 0 radical (unpaired) electrons. The molecule has 0 bridgehead atoms. The van der Waals surface area contributed by atoms with E-state index in [0.717, 1.165) is 5.56 Å². The van der Waals surface area contributed by atoms with Crippen LogP contribution < -0.4 is 5.73 Å². The van der Waals surface area contributed by atoms with E-state index in [1.807, 2.05) is 12.1 Å². The van der Waals surface area contributed by atoms with Gasteiger partial charge in [-0.25, -0.2) is 0 Å². The van der Waals surface area contributed by atoms with Crippen molar-refractivity contribution in [1.29, 1.82) is 0 Å². The molecule has 0 aliphatic carbocycles. The molecule has 0 unspecified atom stereocenters. The molecule has 1 aromatic heterocycles. The van der Waals surface area contributed by atoms with E-state index < -0.39 is 0 Å². The zero-order valence-corrected chi connectivity index (χ0v) is 9.50. The first-order valence-electron chi connectivity index (χ1n) is 5.23. The number of allylic oxidation sites excluding steroid dienone is 1. The van der Waals surface area contributed by atoms with Gasteiger partial charge in [-0.2, -0.15) is 5.10 Å². The summed E-state index contributed by atoms with van der Waals surface area (Å²) in [7, 11) is 1.78. The summed E-state index contributed by atoms with van der Waals surface area (Å²) in [5, 5.41) is 4.03. The second kappa shape index (κ2) is 4.65. The Balaban J connectivity index is 2.10. The number of rotatable bonds is 3. The molecule has 0 spiro atoms. The fourth-order valence-electron chi connectivity index (χ4n) is 1.41. The fraction of sp³-hybridized carbons (Fsp3) is 0.0769. The van der Waals surface area contributed by atoms with Crippen molar-refractivity contribution in [2.75, 3.05) is 5.73 Å². The van der Waals surface area contributed by atoms with E-state index in [2.05, 4.69) is 5.10 Å². The van der Waals surface area contributed by atoms with Gasteiger partial charge >= 0.3 is 0 Å². The van der Waals surface area contributed by atoms with Crippen LogP contribution in [0.3, 0.4) is 0 Å². The number of benzene rings is 1. The number of anilines is 1. The number of carbonyl (C=O) groups excluding carboxylic acids is 1. The summed E-state index contributed by atoms with van der Waals surface area (Å²) in [6.07, 6.45) is 4.99. The maximum atomic E-state index is 11.7. The van der Waals surface area contributed by atoms with Gasteiger partial charge in [-0.3, -0.25) is 9.48 Å². The van der Waals surface area contributed by atoms with Gasteiger partial charge in [0.25, 0.3) is 0 Å². The maximum Gasteiger partial charge on any atom is 0.206 e. The summed E-state index contributed by atoms with van der Waals surface area (Å²) < 4.78 is 1.60. The minimum atomic E-state index is -0.109. The van der Waals surface area contributed by atoms with Gasteiger partial charge in [-0.1, -0.05) is 18.2 Å². The van der Waals surface area contributed by atoms with Crippen LogP contribution in [0.5, 0.6) is 0 Å². The molecule has 0 atom stereocenters. The van der Waals surface area contributed by atoms with E-state index >= 15 is 0 Å². The van der Waals surface area contributed by atoms with E-state index in [1.165, 1.54) is 6.08 Å². The van der Waals surface area contributed by atoms with Crippen LogP contribution in [-0.4, -0.2) is 15.6 Å². The van der Waals surface area contributed by atoms with Gasteiger partial charge in [-0.05, 0) is 29.8 Å². The predicted octanol–water partition coefficient (Wildman–Crippen LogP) is 1.90. The Labute approximate surface area is 99.4 Å². The van der Waals surface area contributed by atoms with Crippen LogP contribution in [-0.2, 0) is 7.05 Å². The first-order valence-corrected chi connectivity index (χ1v) is 5.23. The fourth-order valence-corrected chi connectivity index (χ4v) is 1.41. The highest BCUT2D eigenvalue weighted by Gasteiger charge is 2.04. The third-order valence-corrected chi connectivity index (χ3v) is 2.33. The number of aryl methyl sites for hydroxylation is 1. The molecule has 86 valence electrons. The second-order valence-corrected chi connectivity index (χ2v) is 3.74. The molecule has 2 aromatic rings. The van der Waals surface area contributed by atoms with Crippen LogP contribution in [0.15, 0.2) is 42.6 Å². The van der Waals surface area contributed by atoms with Crippen molar-refractivity contribution in [2.45, 2.75) is 0 Å². The van der Waals surface area contributed by atoms with Crippen molar-refractivity contribution >= 4 is 17.5 Å². The molecule has 2 N–H and O–H groups in total. The summed E-state index contributed by atoms with van der Waals surface area (Å²) in [5.74, 6) is -0.109. The lowest BCUT2D eigenvalue weighted by atomic mass is 10.1. The highest BCUT2D eigenvalue weighted by atomic mass is 16.1. The molecule has 0 fully saturated rings. The van der Waals surface area contributed by atoms with Crippen molar-refractivity contribution in [3.8, 4) is 0 Å². The van der Waals surface area contributed by atoms with Gasteiger partial charge in [0.15, 0.2) is 0 Å². The standard InChI is InChI=1S/C13H13N3O/c1-16-9-8-12(15-16)13(17)7-4-10-2-5-11(14)6-3-10/h2-9H,14H2,1H3/b7-4+. The van der Waals surface area contributed by atoms with Crippen molar-refractivity contribution in [2.24, 2.45) is 7.05 Å². The van der Waals surface area contributed by atoms with E-state index in [0.29, 0.717) is 11.4 Å². The van der Waals surface area contributed by atoms with Gasteiger partial charge in [0.1, 0.15) is 5.69 Å². The van der Waals surface area contributed by atoms with Crippen molar-refractivity contribution < 1.29 is 4.79 Å². The highest BCUT2D eigenvalue weighted by molar-refractivity contribution is 6.05. The molecular formula is C13H13N3O. The molecule has 2 rings (SSSR count). The predicted molar refractivity (Wildman–Crippen MR) is 67.4 cm³/mol. The van der Waals surface area contributed by atoms with E-state index in [1.54, 1.807) is 42.2 Å². The molecule has 0 amide bonds. The SMILES string of the molecule is Cn1ccc(C(=O)/C=C/c2ccc(N)cc2)n1. The number of hydrogen-bond donors (Lipinski definition) is 1. The minimum Gasteiger partial charge on any atom is -0.399 e. The number of nitrogen functional groups attached to an aromatic ring is 1. The number of nitrogens with zero attached hydrogens (tertiary/aromatic N) is 2. The average molecular weight is 227 g/mol. The summed E-state index contributed by atoms with van der Waals surface area (Å²) >= 11 is 0. The van der Waals surface area contributed by atoms with Gasteiger partial charge in [0.05, 0.1) is 0 Å². The Bertz CT molecular complexity index is 552. The Hall–Kier alpha value is -2.36. The van der Waals surface area contributed by atoms with Gasteiger partial charge in [0, 0.05) is 18.9 Å². The molecule has 1 aromatic carbocycles. The number of carbonyl (C=O) groups is 1. The zero-order valence-electron chi connectivity index (χ0n) is 9.50. The molecule has 1 heterocycles. The number of hydrogen-bond acceptors (Lipinski definition) is 3. The smallest absolute Gasteiger partial charge is 0.206 e. The number of ketones is 1. The van der Waals surface area contributed by atoms with E-state index in [9.17, 15) is 4.79 Å². The van der Waals surface area contributed by atoms with Crippen LogP contribution in [0.1, 0.15) is 16.1 Å². The van der Waals surface area contributed by atoms with Gasteiger partial charge in [0.2, 0.25) is 5.78 Å². The largest absolute Gasteiger partial charge is 0.399 e. The third kappa shape index (κ3) is 2.81. The monoisotopic (exact) mass is 227 g/mol. The van der Waals surface area contributed by atoms with Gasteiger partial charge < -0.3 is 5.73 Å². The van der Waals surface area contributed by atoms with Crippen LogP contribution in [0.2, 0.25) is 0 Å². The molecule has 0 saturated carbocycles. The molecule has 0 saturated heterocycles. The van der Waals surface area contributed by atoms with Crippen LogP contribution >= 0.6 is 0 Å². The topological polar surface area (TPSA) is 60.9 Å². The molecule has 0 aliphatic rings. The lowest BCUT2D eigenvalue weighted by molar-refractivity contribution is 0.104. The van der Waals surface area contributed by atoms with Crippen LogP contribution in [0, 0.1) is 0 Å². The summed E-state index contributed by atoms with van der Waals surface area (Å²) in [6, 6.07) is 9.00. The summed E-state index contributed by atoms with van der Waals surface area (Å²) in [6.45, 7) is 0. The summed E-state index contributed by atoms with van der Waals surface area (Å²) in [4.78, 5) is 11.7. The van der Waals surface area contributed by atoms with E-state index in [-0.39, 0.29) is 5.78 Å². The zero-order chi connectivity index (χ0) is 12.3. The number of aromatic nitrogens is 2. The Kier molecular flexibility index (Phi) is 3.05. The van der Waals surface area contributed by atoms with Gasteiger partial charge in [-0.15, -0.1) is 0 Å². The first kappa shape index (κ1) is 11.1. The quantitative estimate of drug-likeness (QED) is 0.495. The molecular weight excluding hydrogens is 214 g/mol. The number of nitrogens with two attached hydrogens (primary N) is 1. The van der Waals surface area contributed by atoms with Crippen LogP contribution in [0.25, 0.3) is 6.08 Å². The third-order valence-electron chi connectivity index (χ3n) is 2.33. The average Bonchev–Trinajstić information content (AvgIpc) is 2.75. The molecule has 0 aliphatic heterocycles. The lowest BCUT2D eigenvalue weighted by Gasteiger charge is -1.94. The van der Waals surface area contributed by atoms with E-state index in [4.69, 9.17) is 5.73 Å². The van der Waals surface area contributed by atoms with Crippen molar-refractivity contribution in [3.63, 3.8) is 0 Å².